The summed E-state index contributed by atoms with van der Waals surface area (Å²) in [5.74, 6) is -0.0360. The third-order valence-corrected chi connectivity index (χ3v) is 9.28. The molecule has 0 aromatic rings. The molecule has 0 aromatic carbocycles. The molecule has 44 heavy (non-hydrogen) atoms. The summed E-state index contributed by atoms with van der Waals surface area (Å²) in [5.41, 5.74) is 0. The Labute approximate surface area is 276 Å². The average molecular weight is 622 g/mol. The highest BCUT2D eigenvalue weighted by atomic mass is 16.3. The molecule has 0 rings (SSSR count). The van der Waals surface area contributed by atoms with Gasteiger partial charge in [-0.2, -0.15) is 0 Å². The van der Waals surface area contributed by atoms with Crippen molar-refractivity contribution >= 4 is 5.91 Å². The minimum atomic E-state index is -0.655. The lowest BCUT2D eigenvalue weighted by Gasteiger charge is -2.22. The van der Waals surface area contributed by atoms with Crippen molar-refractivity contribution in [3.8, 4) is 0 Å². The van der Waals surface area contributed by atoms with Crippen LogP contribution in [0.3, 0.4) is 0 Å². The number of carbonyl (C=O) groups excluding carboxylic acids is 1. The van der Waals surface area contributed by atoms with Crippen LogP contribution in [0.5, 0.6) is 0 Å². The van der Waals surface area contributed by atoms with Gasteiger partial charge in [-0.15, -0.1) is 0 Å². The number of rotatable bonds is 36. The maximum absolute atomic E-state index is 12.3. The Hall–Kier alpha value is -0.870. The number of nitrogens with one attached hydrogen (secondary N) is 1. The molecule has 2 atom stereocenters. The molecule has 1 amide bonds. The molecule has 0 aliphatic carbocycles. The molecule has 0 saturated carbocycles. The quantitative estimate of drug-likeness (QED) is 0.0481. The molecule has 262 valence electrons. The normalized spacial score (nSPS) is 13.1. The van der Waals surface area contributed by atoms with Gasteiger partial charge in [-0.3, -0.25) is 4.79 Å². The molecule has 3 N–H and O–H groups in total. The van der Waals surface area contributed by atoms with E-state index in [4.69, 9.17) is 0 Å². The Morgan fingerprint density at radius 3 is 1.25 bits per heavy atom. The Balaban J connectivity index is 3.49. The van der Waals surface area contributed by atoms with Gasteiger partial charge in [0, 0.05) is 6.42 Å². The number of aliphatic hydroxyl groups is 2. The zero-order valence-electron chi connectivity index (χ0n) is 29.9. The summed E-state index contributed by atoms with van der Waals surface area (Å²) in [7, 11) is 0. The molecule has 0 aromatic heterocycles. The topological polar surface area (TPSA) is 69.6 Å². The maximum atomic E-state index is 12.3. The summed E-state index contributed by atoms with van der Waals surface area (Å²) in [6.07, 6.45) is 44.2. The van der Waals surface area contributed by atoms with E-state index in [0.29, 0.717) is 12.8 Å². The highest BCUT2D eigenvalue weighted by Crippen LogP contribution is 2.15. The number of amides is 1. The van der Waals surface area contributed by atoms with Crippen molar-refractivity contribution in [3.05, 3.63) is 12.2 Å². The van der Waals surface area contributed by atoms with Crippen LogP contribution in [0.1, 0.15) is 219 Å². The SMILES string of the molecule is CCCCCCCCCCCCC/C=C\CCCCCCCCCC(=O)NC(CO)C(O)CCCCCCCCCCCC. The largest absolute Gasteiger partial charge is 0.394 e. The van der Waals surface area contributed by atoms with Crippen molar-refractivity contribution < 1.29 is 15.0 Å². The lowest BCUT2D eigenvalue weighted by atomic mass is 10.0. The van der Waals surface area contributed by atoms with Crippen molar-refractivity contribution in [2.45, 2.75) is 231 Å². The van der Waals surface area contributed by atoms with Crippen LogP contribution in [0.15, 0.2) is 12.2 Å². The summed E-state index contributed by atoms with van der Waals surface area (Å²) in [5, 5.41) is 23.0. The Kier molecular flexibility index (Phi) is 35.9. The van der Waals surface area contributed by atoms with E-state index in [0.717, 1.165) is 25.7 Å². The van der Waals surface area contributed by atoms with Gasteiger partial charge in [0.25, 0.3) is 0 Å². The lowest BCUT2D eigenvalue weighted by Crippen LogP contribution is -2.45. The van der Waals surface area contributed by atoms with Gasteiger partial charge < -0.3 is 15.5 Å². The van der Waals surface area contributed by atoms with Crippen molar-refractivity contribution in [1.29, 1.82) is 0 Å². The number of hydrogen-bond acceptors (Lipinski definition) is 3. The van der Waals surface area contributed by atoms with Gasteiger partial charge in [0.05, 0.1) is 18.8 Å². The number of unbranched alkanes of at least 4 members (excludes halogenated alkanes) is 27. The van der Waals surface area contributed by atoms with Crippen LogP contribution >= 0.6 is 0 Å². The molecule has 0 bridgehead atoms. The lowest BCUT2D eigenvalue weighted by molar-refractivity contribution is -0.123. The highest BCUT2D eigenvalue weighted by molar-refractivity contribution is 5.76. The smallest absolute Gasteiger partial charge is 0.220 e. The van der Waals surface area contributed by atoms with Gasteiger partial charge in [-0.25, -0.2) is 0 Å². The first-order valence-corrected chi connectivity index (χ1v) is 19.9. The van der Waals surface area contributed by atoms with E-state index < -0.39 is 12.1 Å². The third-order valence-electron chi connectivity index (χ3n) is 9.28. The molecule has 4 heteroatoms. The van der Waals surface area contributed by atoms with Gasteiger partial charge in [0.2, 0.25) is 5.91 Å². The molecule has 0 spiro atoms. The van der Waals surface area contributed by atoms with Crippen LogP contribution < -0.4 is 5.32 Å². The Bertz CT molecular complexity index is 593. The molecule has 0 radical (unpaired) electrons. The monoisotopic (exact) mass is 622 g/mol. The fourth-order valence-electron chi connectivity index (χ4n) is 6.18. The minimum absolute atomic E-state index is 0.0360. The molecular formula is C40H79NO3. The van der Waals surface area contributed by atoms with Gasteiger partial charge in [0.15, 0.2) is 0 Å². The summed E-state index contributed by atoms with van der Waals surface area (Å²) in [6.45, 7) is 4.35. The summed E-state index contributed by atoms with van der Waals surface area (Å²) < 4.78 is 0. The summed E-state index contributed by atoms with van der Waals surface area (Å²) >= 11 is 0. The van der Waals surface area contributed by atoms with Gasteiger partial charge in [-0.05, 0) is 38.5 Å². The van der Waals surface area contributed by atoms with Crippen molar-refractivity contribution in [2.24, 2.45) is 0 Å². The molecule has 0 aliphatic heterocycles. The van der Waals surface area contributed by atoms with Crippen LogP contribution in [-0.4, -0.2) is 34.9 Å². The predicted molar refractivity (Wildman–Crippen MR) is 193 cm³/mol. The molecule has 0 aliphatic rings. The number of hydrogen-bond donors (Lipinski definition) is 3. The van der Waals surface area contributed by atoms with Gasteiger partial charge in [0.1, 0.15) is 0 Å². The average Bonchev–Trinajstić information content (AvgIpc) is 3.03. The summed E-state index contributed by atoms with van der Waals surface area (Å²) in [4.78, 5) is 12.3. The van der Waals surface area contributed by atoms with Crippen molar-refractivity contribution in [2.75, 3.05) is 6.61 Å². The molecule has 0 fully saturated rings. The molecule has 0 saturated heterocycles. The zero-order valence-corrected chi connectivity index (χ0v) is 29.9. The highest BCUT2D eigenvalue weighted by Gasteiger charge is 2.19. The number of allylic oxidation sites excluding steroid dienone is 2. The minimum Gasteiger partial charge on any atom is -0.394 e. The second kappa shape index (κ2) is 36.6. The van der Waals surface area contributed by atoms with Crippen LogP contribution in [0, 0.1) is 0 Å². The second-order valence-electron chi connectivity index (χ2n) is 13.7. The van der Waals surface area contributed by atoms with Crippen LogP contribution in [-0.2, 0) is 4.79 Å². The Morgan fingerprint density at radius 1 is 0.523 bits per heavy atom. The maximum Gasteiger partial charge on any atom is 0.220 e. The van der Waals surface area contributed by atoms with E-state index in [1.165, 1.54) is 167 Å². The van der Waals surface area contributed by atoms with E-state index in [1.54, 1.807) is 0 Å². The number of carbonyl (C=O) groups is 1. The Morgan fingerprint density at radius 2 is 0.864 bits per heavy atom. The van der Waals surface area contributed by atoms with E-state index in [-0.39, 0.29) is 12.5 Å². The summed E-state index contributed by atoms with van der Waals surface area (Å²) in [6, 6.07) is -0.533. The van der Waals surface area contributed by atoms with Crippen LogP contribution in [0.4, 0.5) is 0 Å². The van der Waals surface area contributed by atoms with Crippen molar-refractivity contribution in [3.63, 3.8) is 0 Å². The molecule has 4 nitrogen and oxygen atoms in total. The fourth-order valence-corrected chi connectivity index (χ4v) is 6.18. The van der Waals surface area contributed by atoms with Crippen LogP contribution in [0.2, 0.25) is 0 Å². The molecular weight excluding hydrogens is 542 g/mol. The first kappa shape index (κ1) is 43.1. The standard InChI is InChI=1S/C40H79NO3/c1-3-5-7-9-11-13-15-16-17-18-19-20-21-22-23-24-25-26-28-30-32-34-36-40(44)41-38(37-42)39(43)35-33-31-29-27-14-12-10-8-6-4-2/h21-22,38-39,42-43H,3-20,23-37H2,1-2H3,(H,41,44)/b22-21-. The fraction of sp³-hybridized carbons (Fsp3) is 0.925. The van der Waals surface area contributed by atoms with Crippen LogP contribution in [0.25, 0.3) is 0 Å². The third kappa shape index (κ3) is 32.5. The van der Waals surface area contributed by atoms with E-state index >= 15 is 0 Å². The van der Waals surface area contributed by atoms with Gasteiger partial charge >= 0.3 is 0 Å². The molecule has 2 unspecified atom stereocenters. The first-order valence-electron chi connectivity index (χ1n) is 19.9. The van der Waals surface area contributed by atoms with E-state index in [2.05, 4.69) is 31.3 Å². The molecule has 0 heterocycles. The second-order valence-corrected chi connectivity index (χ2v) is 13.7. The number of aliphatic hydroxyl groups excluding tert-OH is 2. The van der Waals surface area contributed by atoms with E-state index in [9.17, 15) is 15.0 Å². The van der Waals surface area contributed by atoms with E-state index in [1.807, 2.05) is 0 Å². The van der Waals surface area contributed by atoms with Gasteiger partial charge in [-0.1, -0.05) is 187 Å². The predicted octanol–water partition coefficient (Wildman–Crippen LogP) is 11.9. The first-order chi connectivity index (χ1) is 21.7. The van der Waals surface area contributed by atoms with Crippen molar-refractivity contribution in [1.82, 2.24) is 5.32 Å². The zero-order chi connectivity index (χ0) is 32.2.